The van der Waals surface area contributed by atoms with Crippen molar-refractivity contribution >= 4 is 27.7 Å². The third-order valence-electron chi connectivity index (χ3n) is 5.12. The Morgan fingerprint density at radius 2 is 1.94 bits per heavy atom. The van der Waals surface area contributed by atoms with Crippen molar-refractivity contribution in [2.24, 2.45) is 0 Å². The fourth-order valence-electron chi connectivity index (χ4n) is 3.56. The molecule has 3 aromatic rings. The van der Waals surface area contributed by atoms with Crippen LogP contribution in [0.4, 0.5) is 13.2 Å². The highest BCUT2D eigenvalue weighted by atomic mass is 79.9. The summed E-state index contributed by atoms with van der Waals surface area (Å²) < 4.78 is 54.2. The molecular weight excluding hydrogens is 529 g/mol. The molecule has 1 saturated heterocycles. The second-order valence-electron chi connectivity index (χ2n) is 7.20. The van der Waals surface area contributed by atoms with Gasteiger partial charge in [0.15, 0.2) is 17.5 Å². The van der Waals surface area contributed by atoms with Crippen molar-refractivity contribution in [2.75, 3.05) is 13.7 Å². The second kappa shape index (κ2) is 10.1. The molecule has 176 valence electrons. The van der Waals surface area contributed by atoms with Crippen molar-refractivity contribution in [3.8, 4) is 11.3 Å². The van der Waals surface area contributed by atoms with E-state index in [1.807, 2.05) is 6.07 Å². The maximum absolute atomic E-state index is 13.7. The molecule has 1 fully saturated rings. The lowest BCUT2D eigenvalue weighted by Gasteiger charge is -2.43. The SMILES string of the molecule is COC1C(n2cc(-c3cc(F)c(F)c(F)c3)nn2)[C@@H](O)C(CO)O[C@@H]1Sc1cncc(Br)c1. The number of hydrogen-bond donors (Lipinski definition) is 2. The van der Waals surface area contributed by atoms with E-state index in [9.17, 15) is 23.4 Å². The molecule has 2 aromatic heterocycles. The summed E-state index contributed by atoms with van der Waals surface area (Å²) in [6, 6.07) is 2.56. The highest BCUT2D eigenvalue weighted by Gasteiger charge is 2.47. The van der Waals surface area contributed by atoms with Crippen LogP contribution in [0.3, 0.4) is 0 Å². The molecule has 0 spiro atoms. The Bertz CT molecular complexity index is 1120. The minimum atomic E-state index is -1.59. The maximum atomic E-state index is 13.7. The van der Waals surface area contributed by atoms with Gasteiger partial charge < -0.3 is 19.7 Å². The third kappa shape index (κ3) is 4.93. The molecule has 0 radical (unpaired) electrons. The minimum Gasteiger partial charge on any atom is -0.394 e. The predicted molar refractivity (Wildman–Crippen MR) is 115 cm³/mol. The smallest absolute Gasteiger partial charge is 0.194 e. The molecular formula is C20H18BrF3N4O4S. The van der Waals surface area contributed by atoms with Gasteiger partial charge >= 0.3 is 0 Å². The highest BCUT2D eigenvalue weighted by molar-refractivity contribution is 9.10. The van der Waals surface area contributed by atoms with Crippen LogP contribution in [0.15, 0.2) is 46.2 Å². The quantitative estimate of drug-likeness (QED) is 0.455. The van der Waals surface area contributed by atoms with Crippen LogP contribution in [-0.2, 0) is 9.47 Å². The van der Waals surface area contributed by atoms with Gasteiger partial charge in [0, 0.05) is 34.4 Å². The highest BCUT2D eigenvalue weighted by Crippen LogP contribution is 2.40. The average Bonchev–Trinajstić information content (AvgIpc) is 3.27. The molecule has 0 aliphatic carbocycles. The van der Waals surface area contributed by atoms with Crippen molar-refractivity contribution < 1.29 is 32.9 Å². The fraction of sp³-hybridized carbons (Fsp3) is 0.350. The van der Waals surface area contributed by atoms with Crippen LogP contribution in [0, 0.1) is 17.5 Å². The molecule has 5 atom stereocenters. The molecule has 0 amide bonds. The lowest BCUT2D eigenvalue weighted by atomic mass is 9.97. The standard InChI is InChI=1S/C20H18BrF3N4O4S/c1-31-19-17(28-7-14(26-27-28)9-2-12(22)16(24)13(23)3-9)18(30)15(8-29)32-20(19)33-11-4-10(21)5-25-6-11/h2-7,15,17-20,29-30H,8H2,1H3/t15?,17?,18-,19?,20+/m0/s1. The predicted octanol–water partition coefficient (Wildman–Crippen LogP) is 2.95. The van der Waals surface area contributed by atoms with Crippen LogP contribution in [0.5, 0.6) is 0 Å². The van der Waals surface area contributed by atoms with Crippen molar-refractivity contribution in [1.82, 2.24) is 20.0 Å². The molecule has 0 saturated carbocycles. The number of rotatable bonds is 6. The Kier molecular flexibility index (Phi) is 7.36. The molecule has 3 heterocycles. The van der Waals surface area contributed by atoms with E-state index in [2.05, 4.69) is 31.2 Å². The van der Waals surface area contributed by atoms with E-state index in [4.69, 9.17) is 9.47 Å². The zero-order chi connectivity index (χ0) is 23.7. The first-order chi connectivity index (χ1) is 15.8. The number of benzene rings is 1. The number of nitrogens with zero attached hydrogens (tertiary/aromatic N) is 4. The number of aromatic nitrogens is 4. The monoisotopic (exact) mass is 546 g/mol. The van der Waals surface area contributed by atoms with Crippen LogP contribution in [-0.4, -0.2) is 67.7 Å². The van der Waals surface area contributed by atoms with Gasteiger partial charge in [-0.3, -0.25) is 4.98 Å². The van der Waals surface area contributed by atoms with E-state index in [0.717, 1.165) is 21.5 Å². The van der Waals surface area contributed by atoms with E-state index < -0.39 is 53.8 Å². The summed E-state index contributed by atoms with van der Waals surface area (Å²) >= 11 is 4.63. The molecule has 13 heteroatoms. The number of thioether (sulfide) groups is 1. The fourth-order valence-corrected chi connectivity index (χ4v) is 5.26. The van der Waals surface area contributed by atoms with Crippen LogP contribution >= 0.6 is 27.7 Å². The Labute approximate surface area is 198 Å². The number of hydrogen-bond acceptors (Lipinski definition) is 8. The summed E-state index contributed by atoms with van der Waals surface area (Å²) in [5, 5.41) is 28.5. The topological polar surface area (TPSA) is 103 Å². The second-order valence-corrected chi connectivity index (χ2v) is 9.29. The van der Waals surface area contributed by atoms with Gasteiger partial charge in [-0.05, 0) is 34.1 Å². The number of pyridine rings is 1. The first-order valence-electron chi connectivity index (χ1n) is 9.63. The first-order valence-corrected chi connectivity index (χ1v) is 11.3. The molecule has 8 nitrogen and oxygen atoms in total. The van der Waals surface area contributed by atoms with Gasteiger partial charge in [0.1, 0.15) is 35.5 Å². The first kappa shape index (κ1) is 24.1. The maximum Gasteiger partial charge on any atom is 0.194 e. The van der Waals surface area contributed by atoms with Gasteiger partial charge in [0.05, 0.1) is 12.8 Å². The zero-order valence-electron chi connectivity index (χ0n) is 17.0. The molecule has 4 rings (SSSR count). The van der Waals surface area contributed by atoms with E-state index >= 15 is 0 Å². The molecule has 33 heavy (non-hydrogen) atoms. The van der Waals surface area contributed by atoms with E-state index in [1.54, 1.807) is 12.4 Å². The number of halogens is 4. The largest absolute Gasteiger partial charge is 0.394 e. The van der Waals surface area contributed by atoms with Crippen LogP contribution in [0.25, 0.3) is 11.3 Å². The molecule has 1 aromatic carbocycles. The molecule has 1 aliphatic heterocycles. The van der Waals surface area contributed by atoms with Gasteiger partial charge in [-0.2, -0.15) is 0 Å². The van der Waals surface area contributed by atoms with E-state index in [1.165, 1.54) is 29.8 Å². The van der Waals surface area contributed by atoms with Gasteiger partial charge in [-0.15, -0.1) is 5.10 Å². The van der Waals surface area contributed by atoms with Crippen LogP contribution < -0.4 is 0 Å². The van der Waals surface area contributed by atoms with Gasteiger partial charge in [-0.1, -0.05) is 17.0 Å². The number of aliphatic hydroxyl groups excluding tert-OH is 2. The summed E-state index contributed by atoms with van der Waals surface area (Å²) in [5.41, 5.74) is -0.648. The van der Waals surface area contributed by atoms with E-state index in [-0.39, 0.29) is 11.3 Å². The summed E-state index contributed by atoms with van der Waals surface area (Å²) in [6.07, 6.45) is 1.64. The van der Waals surface area contributed by atoms with E-state index in [0.29, 0.717) is 0 Å². The zero-order valence-corrected chi connectivity index (χ0v) is 19.4. The van der Waals surface area contributed by atoms with Crippen molar-refractivity contribution in [2.45, 2.75) is 34.7 Å². The molecule has 2 N–H and O–H groups in total. The molecule has 3 unspecified atom stereocenters. The van der Waals surface area contributed by atoms with Crippen molar-refractivity contribution in [3.05, 3.63) is 58.7 Å². The van der Waals surface area contributed by atoms with Gasteiger partial charge in [0.2, 0.25) is 0 Å². The summed E-state index contributed by atoms with van der Waals surface area (Å²) in [7, 11) is 1.43. The Hall–Kier alpha value is -2.03. The van der Waals surface area contributed by atoms with Gasteiger partial charge in [-0.25, -0.2) is 17.9 Å². The number of ether oxygens (including phenoxy) is 2. The lowest BCUT2D eigenvalue weighted by Crippen LogP contribution is -2.55. The average molecular weight is 547 g/mol. The number of aliphatic hydroxyl groups is 2. The number of methoxy groups -OCH3 is 1. The van der Waals surface area contributed by atoms with Crippen LogP contribution in [0.1, 0.15) is 6.04 Å². The summed E-state index contributed by atoms with van der Waals surface area (Å²) in [5.74, 6) is -4.31. The summed E-state index contributed by atoms with van der Waals surface area (Å²) in [4.78, 5) is 4.86. The third-order valence-corrected chi connectivity index (χ3v) is 6.66. The normalized spacial score (nSPS) is 25.4. The minimum absolute atomic E-state index is 0.0296. The van der Waals surface area contributed by atoms with Gasteiger partial charge in [0.25, 0.3) is 0 Å². The lowest BCUT2D eigenvalue weighted by molar-refractivity contribution is -0.186. The Morgan fingerprint density at radius 1 is 1.21 bits per heavy atom. The summed E-state index contributed by atoms with van der Waals surface area (Å²) in [6.45, 7) is -0.474. The Morgan fingerprint density at radius 3 is 2.58 bits per heavy atom. The molecule has 1 aliphatic rings. The van der Waals surface area contributed by atoms with Crippen LogP contribution in [0.2, 0.25) is 0 Å². The van der Waals surface area contributed by atoms with Crippen molar-refractivity contribution in [3.63, 3.8) is 0 Å². The Balaban J connectivity index is 1.67. The van der Waals surface area contributed by atoms with Crippen molar-refractivity contribution in [1.29, 1.82) is 0 Å². The molecule has 0 bridgehead atoms.